The summed E-state index contributed by atoms with van der Waals surface area (Å²) in [6.07, 6.45) is 7.05. The molecule has 1 heterocycles. The second-order valence-electron chi connectivity index (χ2n) is 3.59. The molecule has 0 aromatic carbocycles. The lowest BCUT2D eigenvalue weighted by molar-refractivity contribution is 0.180. The summed E-state index contributed by atoms with van der Waals surface area (Å²) in [5.74, 6) is 2.02. The van der Waals surface area contributed by atoms with E-state index in [0.29, 0.717) is 0 Å². The van der Waals surface area contributed by atoms with Crippen molar-refractivity contribution in [3.05, 3.63) is 11.8 Å². The molecule has 0 amide bonds. The van der Waals surface area contributed by atoms with Crippen molar-refractivity contribution in [1.82, 2.24) is 0 Å². The Bertz CT molecular complexity index is 136. The van der Waals surface area contributed by atoms with Crippen molar-refractivity contribution >= 4 is 0 Å². The van der Waals surface area contributed by atoms with Gasteiger partial charge in [-0.3, -0.25) is 0 Å². The maximum atomic E-state index is 5.49. The standard InChI is InChI=1S/C10H18O/c1-9(2)6-7-10-5-3-4-8-11-10/h5,9H,3-4,6-8H2,1-2H3. The lowest BCUT2D eigenvalue weighted by Crippen LogP contribution is -2.02. The Morgan fingerprint density at radius 1 is 1.55 bits per heavy atom. The van der Waals surface area contributed by atoms with Gasteiger partial charge in [0.15, 0.2) is 0 Å². The summed E-state index contributed by atoms with van der Waals surface area (Å²) in [6, 6.07) is 0. The van der Waals surface area contributed by atoms with Crippen LogP contribution in [0.2, 0.25) is 0 Å². The fourth-order valence-corrected chi connectivity index (χ4v) is 1.21. The average Bonchev–Trinajstić information content (AvgIpc) is 2.03. The van der Waals surface area contributed by atoms with E-state index in [1.807, 2.05) is 0 Å². The number of allylic oxidation sites excluding steroid dienone is 2. The zero-order chi connectivity index (χ0) is 8.10. The van der Waals surface area contributed by atoms with Crippen LogP contribution in [-0.2, 0) is 4.74 Å². The fourth-order valence-electron chi connectivity index (χ4n) is 1.21. The van der Waals surface area contributed by atoms with Crippen molar-refractivity contribution in [3.8, 4) is 0 Å². The van der Waals surface area contributed by atoms with Crippen molar-refractivity contribution in [1.29, 1.82) is 0 Å². The predicted octanol–water partition coefficient (Wildman–Crippen LogP) is 3.12. The van der Waals surface area contributed by atoms with Crippen LogP contribution < -0.4 is 0 Å². The molecule has 1 heteroatoms. The summed E-state index contributed by atoms with van der Waals surface area (Å²) in [7, 11) is 0. The molecule has 0 spiro atoms. The number of rotatable bonds is 3. The lowest BCUT2D eigenvalue weighted by atomic mass is 10.1. The molecular formula is C10H18O. The molecule has 0 saturated carbocycles. The van der Waals surface area contributed by atoms with Gasteiger partial charge in [0.2, 0.25) is 0 Å². The molecule has 1 rings (SSSR count). The van der Waals surface area contributed by atoms with E-state index in [9.17, 15) is 0 Å². The van der Waals surface area contributed by atoms with Crippen LogP contribution in [0.25, 0.3) is 0 Å². The van der Waals surface area contributed by atoms with Crippen LogP contribution in [0.15, 0.2) is 11.8 Å². The Kier molecular flexibility index (Phi) is 3.47. The van der Waals surface area contributed by atoms with E-state index in [4.69, 9.17) is 4.74 Å². The molecule has 0 aromatic heterocycles. The highest BCUT2D eigenvalue weighted by Gasteiger charge is 2.04. The first-order valence-corrected chi connectivity index (χ1v) is 4.61. The second kappa shape index (κ2) is 4.42. The summed E-state index contributed by atoms with van der Waals surface area (Å²) in [4.78, 5) is 0. The highest BCUT2D eigenvalue weighted by molar-refractivity contribution is 4.95. The van der Waals surface area contributed by atoms with E-state index < -0.39 is 0 Å². The topological polar surface area (TPSA) is 9.23 Å². The van der Waals surface area contributed by atoms with Crippen LogP contribution in [-0.4, -0.2) is 6.61 Å². The average molecular weight is 154 g/mol. The van der Waals surface area contributed by atoms with Gasteiger partial charge in [0.1, 0.15) is 0 Å². The Balaban J connectivity index is 2.19. The van der Waals surface area contributed by atoms with Crippen LogP contribution in [0.3, 0.4) is 0 Å². The van der Waals surface area contributed by atoms with Crippen LogP contribution in [0.4, 0.5) is 0 Å². The Morgan fingerprint density at radius 3 is 2.91 bits per heavy atom. The van der Waals surface area contributed by atoms with E-state index in [1.54, 1.807) is 0 Å². The third-order valence-corrected chi connectivity index (χ3v) is 1.98. The Hall–Kier alpha value is -0.460. The molecular weight excluding hydrogens is 136 g/mol. The van der Waals surface area contributed by atoms with Gasteiger partial charge in [0.05, 0.1) is 12.4 Å². The summed E-state index contributed by atoms with van der Waals surface area (Å²) in [5, 5.41) is 0. The van der Waals surface area contributed by atoms with Gasteiger partial charge in [0, 0.05) is 6.42 Å². The smallest absolute Gasteiger partial charge is 0.0920 e. The van der Waals surface area contributed by atoms with Crippen molar-refractivity contribution in [2.45, 2.75) is 39.5 Å². The van der Waals surface area contributed by atoms with Gasteiger partial charge in [-0.25, -0.2) is 0 Å². The maximum absolute atomic E-state index is 5.49. The molecule has 0 unspecified atom stereocenters. The highest BCUT2D eigenvalue weighted by atomic mass is 16.5. The van der Waals surface area contributed by atoms with Crippen molar-refractivity contribution < 1.29 is 4.74 Å². The van der Waals surface area contributed by atoms with E-state index in [-0.39, 0.29) is 0 Å². The monoisotopic (exact) mass is 154 g/mol. The highest BCUT2D eigenvalue weighted by Crippen LogP contribution is 2.17. The van der Waals surface area contributed by atoms with Crippen LogP contribution in [0.1, 0.15) is 39.5 Å². The van der Waals surface area contributed by atoms with Crippen molar-refractivity contribution in [2.24, 2.45) is 5.92 Å². The molecule has 1 nitrogen and oxygen atoms in total. The first-order valence-electron chi connectivity index (χ1n) is 4.61. The zero-order valence-electron chi connectivity index (χ0n) is 7.60. The van der Waals surface area contributed by atoms with Gasteiger partial charge in [-0.1, -0.05) is 13.8 Å². The molecule has 0 bridgehead atoms. The number of hydrogen-bond acceptors (Lipinski definition) is 1. The van der Waals surface area contributed by atoms with E-state index in [1.165, 1.54) is 25.0 Å². The quantitative estimate of drug-likeness (QED) is 0.607. The van der Waals surface area contributed by atoms with Crippen LogP contribution in [0, 0.1) is 5.92 Å². The number of ether oxygens (including phenoxy) is 1. The second-order valence-corrected chi connectivity index (χ2v) is 3.59. The van der Waals surface area contributed by atoms with Gasteiger partial charge in [0.25, 0.3) is 0 Å². The Labute approximate surface area is 69.4 Å². The zero-order valence-corrected chi connectivity index (χ0v) is 7.60. The third kappa shape index (κ3) is 3.45. The van der Waals surface area contributed by atoms with E-state index in [2.05, 4.69) is 19.9 Å². The molecule has 0 N–H and O–H groups in total. The molecule has 0 saturated heterocycles. The minimum Gasteiger partial charge on any atom is -0.498 e. The molecule has 0 aromatic rings. The van der Waals surface area contributed by atoms with Gasteiger partial charge in [-0.2, -0.15) is 0 Å². The minimum absolute atomic E-state index is 0.793. The summed E-state index contributed by atoms with van der Waals surface area (Å²) < 4.78 is 5.49. The molecule has 0 aliphatic carbocycles. The molecule has 0 atom stereocenters. The minimum atomic E-state index is 0.793. The van der Waals surface area contributed by atoms with Gasteiger partial charge in [-0.05, 0) is 31.3 Å². The van der Waals surface area contributed by atoms with Gasteiger partial charge < -0.3 is 4.74 Å². The molecule has 64 valence electrons. The number of hydrogen-bond donors (Lipinski definition) is 0. The normalized spacial score (nSPS) is 17.9. The molecule has 1 aliphatic heterocycles. The SMILES string of the molecule is CC(C)CCC1=CCCCO1. The predicted molar refractivity (Wildman–Crippen MR) is 47.3 cm³/mol. The molecule has 1 aliphatic rings. The molecule has 11 heavy (non-hydrogen) atoms. The fraction of sp³-hybridized carbons (Fsp3) is 0.800. The summed E-state index contributed by atoms with van der Waals surface area (Å²) >= 11 is 0. The van der Waals surface area contributed by atoms with E-state index in [0.717, 1.165) is 18.9 Å². The van der Waals surface area contributed by atoms with Crippen LogP contribution >= 0.6 is 0 Å². The van der Waals surface area contributed by atoms with Gasteiger partial charge in [-0.15, -0.1) is 0 Å². The lowest BCUT2D eigenvalue weighted by Gasteiger charge is -2.15. The van der Waals surface area contributed by atoms with Crippen molar-refractivity contribution in [2.75, 3.05) is 6.61 Å². The molecule has 0 radical (unpaired) electrons. The van der Waals surface area contributed by atoms with Crippen LogP contribution in [0.5, 0.6) is 0 Å². The first kappa shape index (κ1) is 8.63. The maximum Gasteiger partial charge on any atom is 0.0920 e. The first-order chi connectivity index (χ1) is 5.29. The third-order valence-electron chi connectivity index (χ3n) is 1.98. The van der Waals surface area contributed by atoms with Crippen molar-refractivity contribution in [3.63, 3.8) is 0 Å². The van der Waals surface area contributed by atoms with Gasteiger partial charge >= 0.3 is 0 Å². The summed E-state index contributed by atoms with van der Waals surface area (Å²) in [6.45, 7) is 5.44. The Morgan fingerprint density at radius 2 is 2.36 bits per heavy atom. The van der Waals surface area contributed by atoms with E-state index >= 15 is 0 Å². The molecule has 0 fully saturated rings. The largest absolute Gasteiger partial charge is 0.498 e. The summed E-state index contributed by atoms with van der Waals surface area (Å²) in [5.41, 5.74) is 0.